The molecule has 0 radical (unpaired) electrons. The van der Waals surface area contributed by atoms with Gasteiger partial charge in [0, 0.05) is 32.9 Å². The minimum absolute atomic E-state index is 0.0842. The average Bonchev–Trinajstić information content (AvgIpc) is 3.85. The molecule has 0 saturated carbocycles. The third kappa shape index (κ3) is 6.42. The van der Waals surface area contributed by atoms with E-state index in [4.69, 9.17) is 19.4 Å². The van der Waals surface area contributed by atoms with Gasteiger partial charge in [-0.15, -0.1) is 0 Å². The molecule has 4 heteroatoms. The molecule has 12 rings (SSSR count). The van der Waals surface area contributed by atoms with Crippen molar-refractivity contribution in [3.8, 4) is 89.8 Å². The van der Waals surface area contributed by atoms with Crippen molar-refractivity contribution in [2.24, 2.45) is 0 Å². The van der Waals surface area contributed by atoms with Crippen LogP contribution < -0.4 is 0 Å². The highest BCUT2D eigenvalue weighted by Gasteiger charge is 2.35. The number of aromatic nitrogens is 3. The molecule has 9 aromatic carbocycles. The molecule has 0 aliphatic heterocycles. The molecule has 302 valence electrons. The molecule has 0 saturated heterocycles. The predicted molar refractivity (Wildman–Crippen MR) is 263 cm³/mol. The molecule has 2 heterocycles. The minimum Gasteiger partial charge on any atom is -0.456 e. The Kier molecular flexibility index (Phi) is 8.80. The number of furan rings is 1. The van der Waals surface area contributed by atoms with E-state index < -0.39 is 0 Å². The summed E-state index contributed by atoms with van der Waals surface area (Å²) in [6.07, 6.45) is 0. The first kappa shape index (κ1) is 37.5. The minimum atomic E-state index is -0.0842. The highest BCUT2D eigenvalue weighted by Crippen LogP contribution is 2.49. The Hall–Kier alpha value is -8.21. The van der Waals surface area contributed by atoms with Gasteiger partial charge in [0.1, 0.15) is 11.2 Å². The number of rotatable bonds is 7. The third-order valence-corrected chi connectivity index (χ3v) is 12.9. The van der Waals surface area contributed by atoms with Crippen molar-refractivity contribution in [1.82, 2.24) is 15.0 Å². The van der Waals surface area contributed by atoms with E-state index in [1.165, 1.54) is 44.5 Å². The normalized spacial score (nSPS) is 12.7. The van der Waals surface area contributed by atoms with Crippen LogP contribution in [0, 0.1) is 0 Å². The second-order valence-corrected chi connectivity index (χ2v) is 17.2. The fraction of sp³-hybridized carbons (Fsp3) is 0.0500. The first-order valence-electron chi connectivity index (χ1n) is 21.8. The summed E-state index contributed by atoms with van der Waals surface area (Å²) in [4.78, 5) is 15.4. The molecule has 0 atom stereocenters. The number of fused-ring (bicyclic) bond motifs is 6. The van der Waals surface area contributed by atoms with E-state index >= 15 is 0 Å². The van der Waals surface area contributed by atoms with Gasteiger partial charge < -0.3 is 4.42 Å². The maximum absolute atomic E-state index is 6.68. The topological polar surface area (TPSA) is 51.8 Å². The summed E-state index contributed by atoms with van der Waals surface area (Å²) < 4.78 is 6.68. The molecule has 1 aliphatic rings. The van der Waals surface area contributed by atoms with Gasteiger partial charge in [0.2, 0.25) is 0 Å². The molecule has 0 amide bonds. The van der Waals surface area contributed by atoms with Gasteiger partial charge in [-0.05, 0) is 115 Å². The standard InChI is InChI=1S/C60H41N3O/c1-60(2)52-26-13-12-24-49(52)51-36-44(29-31-53(51)60)59-62-57(40-20-10-5-11-21-40)61-58(63-59)43-23-14-22-41(32-43)42-28-30-50-55(37-42)64-54-27-15-25-48(56(50)54)47-34-45(38-16-6-3-7-17-38)33-46(35-47)39-18-8-4-9-19-39/h3-37H,1-2H3. The highest BCUT2D eigenvalue weighted by atomic mass is 16.3. The van der Waals surface area contributed by atoms with Crippen LogP contribution in [0.15, 0.2) is 217 Å². The van der Waals surface area contributed by atoms with Gasteiger partial charge in [0.05, 0.1) is 0 Å². The fourth-order valence-corrected chi connectivity index (χ4v) is 9.67. The number of nitrogens with zero attached hydrogens (tertiary/aromatic N) is 3. The zero-order valence-electron chi connectivity index (χ0n) is 35.5. The Morgan fingerprint density at radius 1 is 0.312 bits per heavy atom. The molecule has 0 fully saturated rings. The van der Waals surface area contributed by atoms with Gasteiger partial charge in [-0.3, -0.25) is 0 Å². The maximum atomic E-state index is 6.68. The van der Waals surface area contributed by atoms with Crippen molar-refractivity contribution in [2.45, 2.75) is 19.3 Å². The van der Waals surface area contributed by atoms with Crippen LogP contribution in [0.5, 0.6) is 0 Å². The summed E-state index contributed by atoms with van der Waals surface area (Å²) in [7, 11) is 0. The molecular formula is C60H41N3O. The molecule has 4 nitrogen and oxygen atoms in total. The van der Waals surface area contributed by atoms with Crippen LogP contribution in [-0.2, 0) is 5.41 Å². The summed E-state index contributed by atoms with van der Waals surface area (Å²) in [5, 5.41) is 2.18. The SMILES string of the molecule is CC1(C)c2ccccc2-c2cc(-c3nc(-c4ccccc4)nc(-c4cccc(-c5ccc6c(c5)oc5cccc(-c7cc(-c8ccccc8)cc(-c8ccccc8)c7)c56)c4)n3)ccc21. The van der Waals surface area contributed by atoms with Gasteiger partial charge in [-0.1, -0.05) is 178 Å². The summed E-state index contributed by atoms with van der Waals surface area (Å²) >= 11 is 0. The lowest BCUT2D eigenvalue weighted by atomic mass is 9.82. The molecule has 0 unspecified atom stereocenters. The lowest BCUT2D eigenvalue weighted by Gasteiger charge is -2.21. The first-order chi connectivity index (χ1) is 31.4. The zero-order chi connectivity index (χ0) is 42.8. The van der Waals surface area contributed by atoms with Crippen LogP contribution in [0.25, 0.3) is 112 Å². The van der Waals surface area contributed by atoms with Crippen molar-refractivity contribution in [1.29, 1.82) is 0 Å². The van der Waals surface area contributed by atoms with E-state index in [9.17, 15) is 0 Å². The molecule has 0 N–H and O–H groups in total. The van der Waals surface area contributed by atoms with Gasteiger partial charge >= 0.3 is 0 Å². The number of hydrogen-bond acceptors (Lipinski definition) is 4. The second-order valence-electron chi connectivity index (χ2n) is 17.2. The van der Waals surface area contributed by atoms with E-state index in [1.54, 1.807) is 0 Å². The molecule has 2 aromatic heterocycles. The Morgan fingerprint density at radius 3 is 1.50 bits per heavy atom. The zero-order valence-corrected chi connectivity index (χ0v) is 35.5. The van der Waals surface area contributed by atoms with Gasteiger partial charge in [0.15, 0.2) is 17.5 Å². The summed E-state index contributed by atoms with van der Waals surface area (Å²) in [6, 6.07) is 75.0. The third-order valence-electron chi connectivity index (χ3n) is 12.9. The molecule has 0 bridgehead atoms. The predicted octanol–water partition coefficient (Wildman–Crippen LogP) is 15.7. The number of hydrogen-bond donors (Lipinski definition) is 0. The Morgan fingerprint density at radius 2 is 0.797 bits per heavy atom. The van der Waals surface area contributed by atoms with Crippen LogP contribution in [0.2, 0.25) is 0 Å². The summed E-state index contributed by atoms with van der Waals surface area (Å²) in [5.74, 6) is 1.90. The summed E-state index contributed by atoms with van der Waals surface area (Å²) in [6.45, 7) is 4.60. The summed E-state index contributed by atoms with van der Waals surface area (Å²) in [5.41, 5.74) is 18.6. The highest BCUT2D eigenvalue weighted by molar-refractivity contribution is 6.13. The van der Waals surface area contributed by atoms with Crippen molar-refractivity contribution >= 4 is 21.9 Å². The van der Waals surface area contributed by atoms with Crippen LogP contribution in [-0.4, -0.2) is 15.0 Å². The lowest BCUT2D eigenvalue weighted by Crippen LogP contribution is -2.14. The van der Waals surface area contributed by atoms with Crippen LogP contribution in [0.3, 0.4) is 0 Å². The first-order valence-corrected chi connectivity index (χ1v) is 21.8. The monoisotopic (exact) mass is 819 g/mol. The fourth-order valence-electron chi connectivity index (χ4n) is 9.67. The van der Waals surface area contributed by atoms with Crippen LogP contribution in [0.1, 0.15) is 25.0 Å². The lowest BCUT2D eigenvalue weighted by molar-refractivity contribution is 0.660. The Bertz CT molecular complexity index is 3510. The van der Waals surface area contributed by atoms with Crippen molar-refractivity contribution in [3.05, 3.63) is 223 Å². The molecule has 11 aromatic rings. The number of benzene rings is 9. The Labute approximate surface area is 372 Å². The van der Waals surface area contributed by atoms with E-state index in [-0.39, 0.29) is 5.41 Å². The molecule has 64 heavy (non-hydrogen) atoms. The quantitative estimate of drug-likeness (QED) is 0.161. The van der Waals surface area contributed by atoms with Crippen molar-refractivity contribution in [3.63, 3.8) is 0 Å². The molecule has 0 spiro atoms. The van der Waals surface area contributed by atoms with Crippen LogP contribution >= 0.6 is 0 Å². The average molecular weight is 820 g/mol. The molecule has 1 aliphatic carbocycles. The van der Waals surface area contributed by atoms with Gasteiger partial charge in [-0.2, -0.15) is 0 Å². The van der Waals surface area contributed by atoms with Crippen LogP contribution in [0.4, 0.5) is 0 Å². The smallest absolute Gasteiger partial charge is 0.164 e. The van der Waals surface area contributed by atoms with E-state index in [2.05, 4.69) is 208 Å². The Balaban J connectivity index is 0.947. The van der Waals surface area contributed by atoms with Gasteiger partial charge in [0.25, 0.3) is 0 Å². The largest absolute Gasteiger partial charge is 0.456 e. The molecular weight excluding hydrogens is 779 g/mol. The van der Waals surface area contributed by atoms with Crippen molar-refractivity contribution in [2.75, 3.05) is 0 Å². The van der Waals surface area contributed by atoms with Crippen molar-refractivity contribution < 1.29 is 4.42 Å². The second kappa shape index (κ2) is 15.0. The van der Waals surface area contributed by atoms with E-state index in [1.807, 2.05) is 18.2 Å². The maximum Gasteiger partial charge on any atom is 0.164 e. The van der Waals surface area contributed by atoms with E-state index in [0.29, 0.717) is 17.5 Å². The van der Waals surface area contributed by atoms with Gasteiger partial charge in [-0.25, -0.2) is 15.0 Å². The van der Waals surface area contributed by atoms with E-state index in [0.717, 1.165) is 60.9 Å².